The summed E-state index contributed by atoms with van der Waals surface area (Å²) in [5.74, 6) is -0.244. The highest BCUT2D eigenvalue weighted by atomic mass is 19.1. The van der Waals surface area contributed by atoms with Crippen LogP contribution in [0.4, 0.5) is 4.39 Å². The van der Waals surface area contributed by atoms with Crippen LogP contribution in [0.15, 0.2) is 36.7 Å². The van der Waals surface area contributed by atoms with E-state index in [0.717, 1.165) is 6.32 Å². The molecular weight excluding hydrogens is 114 g/mol. The van der Waals surface area contributed by atoms with Gasteiger partial charge in [0.25, 0.3) is 0 Å². The maximum absolute atomic E-state index is 12.3. The normalized spacial score (nSPS) is 12.3. The van der Waals surface area contributed by atoms with E-state index >= 15 is 0 Å². The molecule has 0 N–H and O–H groups in total. The fourth-order valence-electron chi connectivity index (χ4n) is 0.399. The first kappa shape index (κ1) is 8.21. The average molecular weight is 124 g/mol. The van der Waals surface area contributed by atoms with Crippen molar-refractivity contribution in [2.45, 2.75) is 6.32 Å². The number of halogens is 1. The Labute approximate surface area is 56.2 Å². The van der Waals surface area contributed by atoms with Gasteiger partial charge in [-0.2, -0.15) is 0 Å². The lowest BCUT2D eigenvalue weighted by atomic mass is 10.1. The second-order valence-electron chi connectivity index (χ2n) is 1.60. The molecule has 0 aliphatic rings. The summed E-state index contributed by atoms with van der Waals surface area (Å²) < 4.78 is 12.3. The summed E-state index contributed by atoms with van der Waals surface area (Å²) in [5, 5.41) is 0. The molecular formula is C7H10BF. The Morgan fingerprint density at radius 3 is 2.78 bits per heavy atom. The van der Waals surface area contributed by atoms with E-state index in [2.05, 4.69) is 6.58 Å². The van der Waals surface area contributed by atoms with E-state index in [4.69, 9.17) is 0 Å². The third-order valence-electron chi connectivity index (χ3n) is 0.790. The third-order valence-corrected chi connectivity index (χ3v) is 0.790. The van der Waals surface area contributed by atoms with Crippen molar-refractivity contribution in [3.63, 3.8) is 0 Å². The van der Waals surface area contributed by atoms with E-state index in [1.807, 2.05) is 7.85 Å². The highest BCUT2D eigenvalue weighted by Gasteiger charge is 1.79. The summed E-state index contributed by atoms with van der Waals surface area (Å²) >= 11 is 0. The van der Waals surface area contributed by atoms with Crippen LogP contribution in [0.5, 0.6) is 0 Å². The van der Waals surface area contributed by atoms with Crippen molar-refractivity contribution in [3.05, 3.63) is 36.7 Å². The Morgan fingerprint density at radius 1 is 1.67 bits per heavy atom. The SMILES string of the molecule is BC/C=C\C(F)=C/C=C. The minimum Gasteiger partial charge on any atom is -0.207 e. The fraction of sp³-hybridized carbons (Fsp3) is 0.143. The Bertz CT molecular complexity index is 136. The molecule has 0 rings (SSSR count). The van der Waals surface area contributed by atoms with Gasteiger partial charge < -0.3 is 0 Å². The van der Waals surface area contributed by atoms with Crippen LogP contribution in [-0.4, -0.2) is 7.85 Å². The Kier molecular flexibility index (Phi) is 4.89. The summed E-state index contributed by atoms with van der Waals surface area (Å²) in [6.45, 7) is 3.36. The summed E-state index contributed by atoms with van der Waals surface area (Å²) in [4.78, 5) is 0. The summed E-state index contributed by atoms with van der Waals surface area (Å²) in [6.07, 6.45) is 6.80. The van der Waals surface area contributed by atoms with Crippen LogP contribution in [0.3, 0.4) is 0 Å². The van der Waals surface area contributed by atoms with Crippen LogP contribution < -0.4 is 0 Å². The highest BCUT2D eigenvalue weighted by molar-refractivity contribution is 6.09. The molecule has 0 radical (unpaired) electrons. The zero-order chi connectivity index (χ0) is 7.11. The molecule has 0 nitrogen and oxygen atoms in total. The first-order valence-electron chi connectivity index (χ1n) is 2.96. The van der Waals surface area contributed by atoms with Crippen LogP contribution >= 0.6 is 0 Å². The molecule has 0 aromatic carbocycles. The molecule has 0 saturated carbocycles. The molecule has 48 valence electrons. The topological polar surface area (TPSA) is 0 Å². The number of hydrogen-bond acceptors (Lipinski definition) is 0. The van der Waals surface area contributed by atoms with Gasteiger partial charge in [0.1, 0.15) is 13.7 Å². The average Bonchev–Trinajstić information content (AvgIpc) is 1.85. The van der Waals surface area contributed by atoms with Crippen molar-refractivity contribution in [2.75, 3.05) is 0 Å². The maximum atomic E-state index is 12.3. The van der Waals surface area contributed by atoms with Gasteiger partial charge in [0.05, 0.1) is 0 Å². The van der Waals surface area contributed by atoms with Gasteiger partial charge in [-0.3, -0.25) is 0 Å². The molecule has 0 aromatic heterocycles. The lowest BCUT2D eigenvalue weighted by Crippen LogP contribution is -1.63. The maximum Gasteiger partial charge on any atom is 0.122 e. The summed E-state index contributed by atoms with van der Waals surface area (Å²) in [6, 6.07) is 0. The predicted octanol–water partition coefficient (Wildman–Crippen LogP) is 1.63. The van der Waals surface area contributed by atoms with Gasteiger partial charge in [-0.25, -0.2) is 4.39 Å². The molecule has 0 bridgehead atoms. The first-order chi connectivity index (χ1) is 4.31. The van der Waals surface area contributed by atoms with Crippen LogP contribution in [-0.2, 0) is 0 Å². The third kappa shape index (κ3) is 5.08. The van der Waals surface area contributed by atoms with E-state index < -0.39 is 0 Å². The van der Waals surface area contributed by atoms with Crippen molar-refractivity contribution in [1.29, 1.82) is 0 Å². The second kappa shape index (κ2) is 5.35. The van der Waals surface area contributed by atoms with Gasteiger partial charge in [-0.05, 0) is 12.2 Å². The molecule has 0 atom stereocenters. The van der Waals surface area contributed by atoms with Gasteiger partial charge >= 0.3 is 0 Å². The molecule has 0 saturated heterocycles. The molecule has 0 heterocycles. The number of rotatable bonds is 3. The van der Waals surface area contributed by atoms with Crippen molar-refractivity contribution >= 4 is 7.85 Å². The van der Waals surface area contributed by atoms with Gasteiger partial charge in [0, 0.05) is 0 Å². The quantitative estimate of drug-likeness (QED) is 0.396. The molecule has 0 aliphatic carbocycles. The Morgan fingerprint density at radius 2 is 2.33 bits per heavy atom. The van der Waals surface area contributed by atoms with E-state index in [1.54, 1.807) is 6.08 Å². The van der Waals surface area contributed by atoms with Crippen LogP contribution in [0.1, 0.15) is 0 Å². The molecule has 0 fully saturated rings. The zero-order valence-electron chi connectivity index (χ0n) is 5.60. The number of allylic oxidation sites excluding steroid dienone is 5. The summed E-state index contributed by atoms with van der Waals surface area (Å²) in [7, 11) is 1.96. The highest BCUT2D eigenvalue weighted by Crippen LogP contribution is 1.98. The standard InChI is InChI=1S/C7H10BF/c1-2-4-7(9)5-3-6-8/h2-5H,1,6,8H2/b5-3-,7-4+. The molecule has 0 aliphatic heterocycles. The molecule has 0 aromatic rings. The van der Waals surface area contributed by atoms with Crippen LogP contribution in [0.2, 0.25) is 6.32 Å². The lowest BCUT2D eigenvalue weighted by Gasteiger charge is -1.80. The first-order valence-corrected chi connectivity index (χ1v) is 2.96. The second-order valence-corrected chi connectivity index (χ2v) is 1.60. The van der Waals surface area contributed by atoms with Gasteiger partial charge in [0.2, 0.25) is 0 Å². The smallest absolute Gasteiger partial charge is 0.122 e. The fourth-order valence-corrected chi connectivity index (χ4v) is 0.399. The molecule has 2 heteroatoms. The molecule has 0 unspecified atom stereocenters. The minimum absolute atomic E-state index is 0.244. The number of hydrogen-bond donors (Lipinski definition) is 0. The van der Waals surface area contributed by atoms with E-state index in [9.17, 15) is 4.39 Å². The molecule has 9 heavy (non-hydrogen) atoms. The van der Waals surface area contributed by atoms with Gasteiger partial charge in [-0.1, -0.05) is 25.1 Å². The van der Waals surface area contributed by atoms with Crippen molar-refractivity contribution in [2.24, 2.45) is 0 Å². The Balaban J connectivity index is 3.74. The van der Waals surface area contributed by atoms with Gasteiger partial charge in [0.15, 0.2) is 0 Å². The van der Waals surface area contributed by atoms with E-state index in [1.165, 1.54) is 18.2 Å². The predicted molar refractivity (Wildman–Crippen MR) is 41.9 cm³/mol. The van der Waals surface area contributed by atoms with E-state index in [0.29, 0.717) is 0 Å². The minimum atomic E-state index is -0.244. The van der Waals surface area contributed by atoms with E-state index in [-0.39, 0.29) is 5.83 Å². The lowest BCUT2D eigenvalue weighted by molar-refractivity contribution is 0.667. The monoisotopic (exact) mass is 124 g/mol. The zero-order valence-corrected chi connectivity index (χ0v) is 5.60. The molecule has 0 spiro atoms. The van der Waals surface area contributed by atoms with Crippen molar-refractivity contribution in [3.8, 4) is 0 Å². The largest absolute Gasteiger partial charge is 0.207 e. The molecule has 0 amide bonds. The van der Waals surface area contributed by atoms with Crippen LogP contribution in [0.25, 0.3) is 0 Å². The van der Waals surface area contributed by atoms with Crippen molar-refractivity contribution in [1.82, 2.24) is 0 Å². The van der Waals surface area contributed by atoms with Crippen molar-refractivity contribution < 1.29 is 4.39 Å². The Hall–Kier alpha value is -0.785. The van der Waals surface area contributed by atoms with Crippen LogP contribution in [0, 0.1) is 0 Å². The van der Waals surface area contributed by atoms with Gasteiger partial charge in [-0.15, -0.1) is 0 Å². The summed E-state index contributed by atoms with van der Waals surface area (Å²) in [5.41, 5.74) is 0.